The Morgan fingerprint density at radius 1 is 1.08 bits per heavy atom. The number of carbonyl (C=O) groups excluding carboxylic acids is 1. The number of carbonyl (C=O) groups is 1. The first-order valence-electron chi connectivity index (χ1n) is 12.4. The summed E-state index contributed by atoms with van der Waals surface area (Å²) in [6, 6.07) is 23.0. The van der Waals surface area contributed by atoms with E-state index in [2.05, 4.69) is 61.0 Å². The molecule has 5 nitrogen and oxygen atoms in total. The number of hydrogen-bond acceptors (Lipinski definition) is 5. The van der Waals surface area contributed by atoms with Crippen LogP contribution in [-0.2, 0) is 9.16 Å². The predicted molar refractivity (Wildman–Crippen MR) is 151 cm³/mol. The number of anilines is 1. The zero-order valence-electron chi connectivity index (χ0n) is 21.6. The lowest BCUT2D eigenvalue weighted by molar-refractivity contribution is 0.0595. The van der Waals surface area contributed by atoms with Gasteiger partial charge in [0.15, 0.2) is 0 Å². The van der Waals surface area contributed by atoms with E-state index in [1.807, 2.05) is 41.3 Å². The van der Waals surface area contributed by atoms with E-state index >= 15 is 0 Å². The Labute approximate surface area is 227 Å². The van der Waals surface area contributed by atoms with Crippen molar-refractivity contribution in [3.05, 3.63) is 88.6 Å². The quantitative estimate of drug-likeness (QED) is 0.316. The largest absolute Gasteiger partial charge is 0.465 e. The molecule has 3 aromatic carbocycles. The zero-order valence-corrected chi connectivity index (χ0v) is 24.2. The van der Waals surface area contributed by atoms with Crippen molar-refractivity contribution in [1.29, 1.82) is 0 Å². The monoisotopic (exact) mass is 585 g/mol. The maximum absolute atomic E-state index is 15.0. The molecule has 0 spiro atoms. The highest BCUT2D eigenvalue weighted by Crippen LogP contribution is 2.39. The molecular weight excluding hydrogens is 553 g/mol. The lowest BCUT2D eigenvalue weighted by Crippen LogP contribution is -2.67. The number of aliphatic hydroxyl groups excluding tert-OH is 1. The van der Waals surface area contributed by atoms with Gasteiger partial charge in [-0.15, -0.1) is 0 Å². The Balaban J connectivity index is 1.78. The SMILES string of the molecule is COC(=O)c1c(F)cc(Br)cc1N1CCC(O)C1CO[Si](c1ccccc1)(c1ccccc1)C(C)(C)C. The minimum Gasteiger partial charge on any atom is -0.465 e. The van der Waals surface area contributed by atoms with Gasteiger partial charge in [0.1, 0.15) is 11.4 Å². The molecule has 3 aromatic rings. The fourth-order valence-electron chi connectivity index (χ4n) is 5.40. The van der Waals surface area contributed by atoms with Gasteiger partial charge in [0.2, 0.25) is 0 Å². The number of hydrogen-bond donors (Lipinski definition) is 1. The molecule has 0 aromatic heterocycles. The molecule has 1 heterocycles. The maximum atomic E-state index is 15.0. The van der Waals surface area contributed by atoms with E-state index in [1.165, 1.54) is 13.2 Å². The highest BCUT2D eigenvalue weighted by atomic mass is 79.9. The van der Waals surface area contributed by atoms with Gasteiger partial charge in [0, 0.05) is 11.0 Å². The molecule has 2 atom stereocenters. The molecule has 1 aliphatic rings. The Morgan fingerprint density at radius 3 is 2.16 bits per heavy atom. The molecule has 0 aliphatic carbocycles. The number of ether oxygens (including phenoxy) is 1. The molecule has 37 heavy (non-hydrogen) atoms. The molecule has 8 heteroatoms. The molecular formula is C29H33BrFNO4Si. The number of esters is 1. The van der Waals surface area contributed by atoms with Crippen LogP contribution in [0.25, 0.3) is 0 Å². The van der Waals surface area contributed by atoms with Gasteiger partial charge in [0.05, 0.1) is 31.5 Å². The average molecular weight is 587 g/mol. The van der Waals surface area contributed by atoms with Gasteiger partial charge < -0.3 is 19.2 Å². The molecule has 1 aliphatic heterocycles. The molecule has 1 N–H and O–H groups in total. The number of halogens is 2. The van der Waals surface area contributed by atoms with Crippen LogP contribution in [0.4, 0.5) is 10.1 Å². The van der Waals surface area contributed by atoms with Crippen molar-refractivity contribution in [2.75, 3.05) is 25.2 Å². The summed E-state index contributed by atoms with van der Waals surface area (Å²) >= 11 is 3.35. The normalized spacial score (nSPS) is 18.2. The van der Waals surface area contributed by atoms with Crippen molar-refractivity contribution >= 4 is 46.3 Å². The average Bonchev–Trinajstić information content (AvgIpc) is 3.24. The first kappa shape index (κ1) is 27.5. The maximum Gasteiger partial charge on any atom is 0.342 e. The smallest absolute Gasteiger partial charge is 0.342 e. The lowest BCUT2D eigenvalue weighted by Gasteiger charge is -2.44. The fourth-order valence-corrected chi connectivity index (χ4v) is 10.4. The van der Waals surface area contributed by atoms with E-state index in [0.29, 0.717) is 23.1 Å². The summed E-state index contributed by atoms with van der Waals surface area (Å²) in [4.78, 5) is 14.4. The summed E-state index contributed by atoms with van der Waals surface area (Å²) in [5.74, 6) is -1.43. The zero-order chi connectivity index (χ0) is 26.8. The van der Waals surface area contributed by atoms with Crippen LogP contribution in [-0.4, -0.2) is 51.8 Å². The van der Waals surface area contributed by atoms with Gasteiger partial charge in [-0.1, -0.05) is 97.4 Å². The predicted octanol–water partition coefficient (Wildman–Crippen LogP) is 4.89. The second-order valence-corrected chi connectivity index (χ2v) is 15.6. The van der Waals surface area contributed by atoms with Gasteiger partial charge in [-0.05, 0) is 34.0 Å². The second kappa shape index (κ2) is 11.1. The van der Waals surface area contributed by atoms with E-state index in [0.717, 1.165) is 10.4 Å². The van der Waals surface area contributed by atoms with Gasteiger partial charge in [0.25, 0.3) is 8.32 Å². The summed E-state index contributed by atoms with van der Waals surface area (Å²) in [5.41, 5.74) is 0.238. The van der Waals surface area contributed by atoms with Crippen molar-refractivity contribution in [2.24, 2.45) is 0 Å². The van der Waals surface area contributed by atoms with Crippen LogP contribution < -0.4 is 15.3 Å². The van der Waals surface area contributed by atoms with Crippen molar-refractivity contribution in [3.8, 4) is 0 Å². The third-order valence-electron chi connectivity index (χ3n) is 7.13. The molecule has 0 saturated carbocycles. The number of benzene rings is 3. The van der Waals surface area contributed by atoms with Crippen molar-refractivity contribution < 1.29 is 23.5 Å². The minimum absolute atomic E-state index is 0.143. The first-order chi connectivity index (χ1) is 17.6. The summed E-state index contributed by atoms with van der Waals surface area (Å²) in [7, 11) is -1.62. The topological polar surface area (TPSA) is 59.0 Å². The van der Waals surface area contributed by atoms with Gasteiger partial charge in [-0.25, -0.2) is 9.18 Å². The fraction of sp³-hybridized carbons (Fsp3) is 0.345. The van der Waals surface area contributed by atoms with E-state index in [9.17, 15) is 14.3 Å². The van der Waals surface area contributed by atoms with Gasteiger partial charge >= 0.3 is 5.97 Å². The van der Waals surface area contributed by atoms with Crippen molar-refractivity contribution in [1.82, 2.24) is 0 Å². The van der Waals surface area contributed by atoms with Crippen LogP contribution >= 0.6 is 15.9 Å². The number of aliphatic hydroxyl groups is 1. The van der Waals surface area contributed by atoms with E-state index in [4.69, 9.17) is 9.16 Å². The van der Waals surface area contributed by atoms with Crippen LogP contribution in [0, 0.1) is 5.82 Å². The van der Waals surface area contributed by atoms with Crippen LogP contribution in [0.1, 0.15) is 37.6 Å². The summed E-state index contributed by atoms with van der Waals surface area (Å²) in [5, 5.41) is 13.1. The number of methoxy groups -OCH3 is 1. The third kappa shape index (κ3) is 5.25. The molecule has 2 unspecified atom stereocenters. The third-order valence-corrected chi connectivity index (χ3v) is 12.6. The highest BCUT2D eigenvalue weighted by Gasteiger charge is 2.51. The lowest BCUT2D eigenvalue weighted by atomic mass is 10.1. The molecule has 196 valence electrons. The molecule has 0 amide bonds. The Kier molecular flexibility index (Phi) is 8.23. The minimum atomic E-state index is -2.85. The van der Waals surface area contributed by atoms with Crippen LogP contribution in [0.3, 0.4) is 0 Å². The molecule has 0 radical (unpaired) electrons. The van der Waals surface area contributed by atoms with Crippen LogP contribution in [0.15, 0.2) is 77.3 Å². The Bertz CT molecular complexity index is 1200. The molecule has 4 rings (SSSR count). The van der Waals surface area contributed by atoms with Crippen molar-refractivity contribution in [2.45, 2.75) is 44.4 Å². The Hall–Kier alpha value is -2.52. The van der Waals surface area contributed by atoms with Gasteiger partial charge in [-0.3, -0.25) is 0 Å². The van der Waals surface area contributed by atoms with Crippen LogP contribution in [0.2, 0.25) is 5.04 Å². The number of rotatable bonds is 7. The van der Waals surface area contributed by atoms with Crippen LogP contribution in [0.5, 0.6) is 0 Å². The molecule has 1 fully saturated rings. The van der Waals surface area contributed by atoms with E-state index < -0.39 is 32.2 Å². The Morgan fingerprint density at radius 2 is 1.65 bits per heavy atom. The number of nitrogens with zero attached hydrogens (tertiary/aromatic N) is 1. The first-order valence-corrected chi connectivity index (χ1v) is 15.1. The second-order valence-electron chi connectivity index (χ2n) is 10.4. The highest BCUT2D eigenvalue weighted by molar-refractivity contribution is 9.10. The summed E-state index contributed by atoms with van der Waals surface area (Å²) in [6.45, 7) is 7.25. The summed E-state index contributed by atoms with van der Waals surface area (Å²) < 4.78 is 27.4. The molecule has 1 saturated heterocycles. The molecule has 0 bridgehead atoms. The standard InChI is InChI=1S/C29H33BrFNO4Si/c1-29(2,3)37(21-11-7-5-8-12-21,22-13-9-6-10-14-22)36-19-25-26(33)15-16-32(25)24-18-20(30)17-23(31)27(24)28(34)35-4/h5-14,17-18,25-26,33H,15-16,19H2,1-4H3. The van der Waals surface area contributed by atoms with E-state index in [-0.39, 0.29) is 17.2 Å². The summed E-state index contributed by atoms with van der Waals surface area (Å²) in [6.07, 6.45) is -0.227. The van der Waals surface area contributed by atoms with Crippen molar-refractivity contribution in [3.63, 3.8) is 0 Å². The van der Waals surface area contributed by atoms with Gasteiger partial charge in [-0.2, -0.15) is 0 Å². The van der Waals surface area contributed by atoms with E-state index in [1.54, 1.807) is 6.07 Å².